The van der Waals surface area contributed by atoms with E-state index in [1.54, 1.807) is 24.4 Å². The second-order valence-corrected chi connectivity index (χ2v) is 3.20. The van der Waals surface area contributed by atoms with Crippen molar-refractivity contribution in [1.82, 2.24) is 9.55 Å². The lowest BCUT2D eigenvalue weighted by Gasteiger charge is -2.09. The van der Waals surface area contributed by atoms with E-state index in [1.807, 2.05) is 0 Å². The predicted molar refractivity (Wildman–Crippen MR) is 59.4 cm³/mol. The molecule has 0 bridgehead atoms. The average molecular weight is 217 g/mol. The summed E-state index contributed by atoms with van der Waals surface area (Å²) in [6.45, 7) is 0. The highest BCUT2D eigenvalue weighted by Crippen LogP contribution is 2.24. The second kappa shape index (κ2) is 4.06. The molecule has 0 aliphatic rings. The standard InChI is InChI=1S/C11H11N3O2/c1-16-9-4-2-3-8(12)10(9)11(15)14-6-5-13-7-14/h2-7H,12H2,1H3. The largest absolute Gasteiger partial charge is 0.496 e. The number of imidazole rings is 1. The summed E-state index contributed by atoms with van der Waals surface area (Å²) in [4.78, 5) is 15.9. The van der Waals surface area contributed by atoms with Crippen molar-refractivity contribution in [3.8, 4) is 5.75 Å². The van der Waals surface area contributed by atoms with Crippen molar-refractivity contribution >= 4 is 11.6 Å². The van der Waals surface area contributed by atoms with Crippen LogP contribution in [0.1, 0.15) is 10.4 Å². The lowest BCUT2D eigenvalue weighted by atomic mass is 10.1. The summed E-state index contributed by atoms with van der Waals surface area (Å²) in [5, 5.41) is 0. The molecule has 5 nitrogen and oxygen atoms in total. The van der Waals surface area contributed by atoms with E-state index in [0.29, 0.717) is 17.0 Å². The maximum absolute atomic E-state index is 12.1. The minimum Gasteiger partial charge on any atom is -0.496 e. The summed E-state index contributed by atoms with van der Waals surface area (Å²) < 4.78 is 6.47. The third-order valence-electron chi connectivity index (χ3n) is 2.23. The van der Waals surface area contributed by atoms with Crippen molar-refractivity contribution in [1.29, 1.82) is 0 Å². The van der Waals surface area contributed by atoms with E-state index in [0.717, 1.165) is 0 Å². The number of anilines is 1. The molecule has 0 spiro atoms. The molecule has 0 fully saturated rings. The number of nitrogens with zero attached hydrogens (tertiary/aromatic N) is 2. The number of hydrogen-bond donors (Lipinski definition) is 1. The summed E-state index contributed by atoms with van der Waals surface area (Å²) in [6.07, 6.45) is 4.52. The van der Waals surface area contributed by atoms with Crippen molar-refractivity contribution in [2.45, 2.75) is 0 Å². The molecule has 2 rings (SSSR count). The molecule has 82 valence electrons. The van der Waals surface area contributed by atoms with E-state index in [-0.39, 0.29) is 5.91 Å². The smallest absolute Gasteiger partial charge is 0.268 e. The zero-order valence-electron chi connectivity index (χ0n) is 8.75. The molecule has 2 aromatic rings. The highest BCUT2D eigenvalue weighted by Gasteiger charge is 2.16. The van der Waals surface area contributed by atoms with Gasteiger partial charge in [-0.15, -0.1) is 0 Å². The normalized spacial score (nSPS) is 10.1. The molecule has 0 unspecified atom stereocenters. The Morgan fingerprint density at radius 1 is 1.50 bits per heavy atom. The van der Waals surface area contributed by atoms with Crippen LogP contribution in [0.4, 0.5) is 5.69 Å². The molecule has 0 saturated carbocycles. The summed E-state index contributed by atoms with van der Waals surface area (Å²) >= 11 is 0. The Hall–Kier alpha value is -2.30. The molecule has 5 heteroatoms. The Morgan fingerprint density at radius 3 is 2.94 bits per heavy atom. The fourth-order valence-corrected chi connectivity index (χ4v) is 1.46. The fourth-order valence-electron chi connectivity index (χ4n) is 1.46. The maximum atomic E-state index is 12.1. The van der Waals surface area contributed by atoms with Crippen LogP contribution in [0.3, 0.4) is 0 Å². The maximum Gasteiger partial charge on any atom is 0.268 e. The van der Waals surface area contributed by atoms with Crippen LogP contribution in [-0.4, -0.2) is 22.6 Å². The van der Waals surface area contributed by atoms with E-state index in [2.05, 4.69) is 4.98 Å². The highest BCUT2D eigenvalue weighted by atomic mass is 16.5. The van der Waals surface area contributed by atoms with Crippen LogP contribution in [0, 0.1) is 0 Å². The number of carbonyl (C=O) groups excluding carboxylic acids is 1. The average Bonchev–Trinajstić information content (AvgIpc) is 2.81. The monoisotopic (exact) mass is 217 g/mol. The second-order valence-electron chi connectivity index (χ2n) is 3.20. The van der Waals surface area contributed by atoms with Gasteiger partial charge in [0.1, 0.15) is 17.6 Å². The minimum atomic E-state index is -0.257. The third-order valence-corrected chi connectivity index (χ3v) is 2.23. The summed E-state index contributed by atoms with van der Waals surface area (Å²) in [7, 11) is 1.50. The number of ether oxygens (including phenoxy) is 1. The van der Waals surface area contributed by atoms with Gasteiger partial charge in [0.25, 0.3) is 5.91 Å². The number of benzene rings is 1. The molecule has 1 aromatic heterocycles. The van der Waals surface area contributed by atoms with E-state index in [9.17, 15) is 4.79 Å². The zero-order chi connectivity index (χ0) is 11.5. The molecule has 0 radical (unpaired) electrons. The number of aromatic nitrogens is 2. The number of nitrogens with two attached hydrogens (primary N) is 1. The molecule has 16 heavy (non-hydrogen) atoms. The van der Waals surface area contributed by atoms with Gasteiger partial charge < -0.3 is 10.5 Å². The van der Waals surface area contributed by atoms with E-state index < -0.39 is 0 Å². The van der Waals surface area contributed by atoms with Crippen LogP contribution in [0.25, 0.3) is 0 Å². The number of methoxy groups -OCH3 is 1. The van der Waals surface area contributed by atoms with Crippen LogP contribution < -0.4 is 10.5 Å². The fraction of sp³-hybridized carbons (Fsp3) is 0.0909. The van der Waals surface area contributed by atoms with Gasteiger partial charge >= 0.3 is 0 Å². The first kappa shape index (κ1) is 10.2. The Balaban J connectivity index is 2.51. The quantitative estimate of drug-likeness (QED) is 0.766. The van der Waals surface area contributed by atoms with Gasteiger partial charge in [0.15, 0.2) is 0 Å². The van der Waals surface area contributed by atoms with Gasteiger partial charge in [0.2, 0.25) is 0 Å². The number of nitrogen functional groups attached to an aromatic ring is 1. The number of rotatable bonds is 2. The zero-order valence-corrected chi connectivity index (χ0v) is 8.75. The van der Waals surface area contributed by atoms with Gasteiger partial charge in [-0.2, -0.15) is 0 Å². The van der Waals surface area contributed by atoms with Crippen molar-refractivity contribution in [2.75, 3.05) is 12.8 Å². The number of carbonyl (C=O) groups is 1. The minimum absolute atomic E-state index is 0.257. The summed E-state index contributed by atoms with van der Waals surface area (Å²) in [5.74, 6) is 0.200. The van der Waals surface area contributed by atoms with Crippen LogP contribution >= 0.6 is 0 Å². The first-order valence-corrected chi connectivity index (χ1v) is 4.69. The molecular weight excluding hydrogens is 206 g/mol. The first-order valence-electron chi connectivity index (χ1n) is 4.69. The Kier molecular flexibility index (Phi) is 2.59. The highest BCUT2D eigenvalue weighted by molar-refractivity contribution is 6.03. The SMILES string of the molecule is COc1cccc(N)c1C(=O)n1ccnc1. The molecule has 0 aliphatic carbocycles. The lowest BCUT2D eigenvalue weighted by molar-refractivity contribution is 0.0957. The Morgan fingerprint density at radius 2 is 2.31 bits per heavy atom. The van der Waals surface area contributed by atoms with Gasteiger partial charge in [0.05, 0.1) is 7.11 Å². The van der Waals surface area contributed by atoms with Gasteiger partial charge in [-0.25, -0.2) is 4.98 Å². The lowest BCUT2D eigenvalue weighted by Crippen LogP contribution is -2.13. The van der Waals surface area contributed by atoms with Crippen molar-refractivity contribution in [3.63, 3.8) is 0 Å². The summed E-state index contributed by atoms with van der Waals surface area (Å²) in [6, 6.07) is 5.09. The van der Waals surface area contributed by atoms with Crippen LogP contribution in [0.5, 0.6) is 5.75 Å². The van der Waals surface area contributed by atoms with E-state index in [4.69, 9.17) is 10.5 Å². The third kappa shape index (κ3) is 1.63. The molecule has 1 heterocycles. The molecule has 0 amide bonds. The van der Waals surface area contributed by atoms with Gasteiger partial charge in [-0.3, -0.25) is 9.36 Å². The molecule has 0 aliphatic heterocycles. The molecule has 0 atom stereocenters. The van der Waals surface area contributed by atoms with Crippen molar-refractivity contribution < 1.29 is 9.53 Å². The Labute approximate surface area is 92.5 Å². The van der Waals surface area contributed by atoms with Crippen molar-refractivity contribution in [2.24, 2.45) is 0 Å². The predicted octanol–water partition coefficient (Wildman–Crippen LogP) is 1.16. The van der Waals surface area contributed by atoms with Gasteiger partial charge in [0, 0.05) is 18.1 Å². The number of hydrogen-bond acceptors (Lipinski definition) is 4. The molecule has 2 N–H and O–H groups in total. The van der Waals surface area contributed by atoms with E-state index in [1.165, 1.54) is 24.2 Å². The molecule has 0 saturated heterocycles. The van der Waals surface area contributed by atoms with Crippen molar-refractivity contribution in [3.05, 3.63) is 42.5 Å². The van der Waals surface area contributed by atoms with Crippen LogP contribution in [0.2, 0.25) is 0 Å². The van der Waals surface area contributed by atoms with Crippen LogP contribution in [-0.2, 0) is 0 Å². The first-order chi connectivity index (χ1) is 7.74. The molecule has 1 aromatic carbocycles. The van der Waals surface area contributed by atoms with Gasteiger partial charge in [-0.05, 0) is 12.1 Å². The van der Waals surface area contributed by atoms with E-state index >= 15 is 0 Å². The Bertz CT molecular complexity index is 506. The van der Waals surface area contributed by atoms with Crippen LogP contribution in [0.15, 0.2) is 36.9 Å². The topological polar surface area (TPSA) is 70.1 Å². The summed E-state index contributed by atoms with van der Waals surface area (Å²) in [5.41, 5.74) is 6.51. The molecular formula is C11H11N3O2. The van der Waals surface area contributed by atoms with Gasteiger partial charge in [-0.1, -0.05) is 6.07 Å².